The average Bonchev–Trinajstić information content (AvgIpc) is 2.64. The standard InChI is InChI=1S/C10H10BrClN4/c1-2-3-9-14-8(12)4-10(15-9)16-6-7(11)5-13-16/h4-6H,2-3H2,1H3. The Kier molecular flexibility index (Phi) is 3.56. The second kappa shape index (κ2) is 4.93. The first kappa shape index (κ1) is 11.5. The first-order chi connectivity index (χ1) is 7.69. The molecule has 0 aliphatic rings. The highest BCUT2D eigenvalue weighted by atomic mass is 79.9. The molecule has 0 unspecified atom stereocenters. The predicted octanol–water partition coefficient (Wildman–Crippen LogP) is 3.03. The Bertz CT molecular complexity index is 497. The van der Waals surface area contributed by atoms with Crippen LogP contribution in [0.5, 0.6) is 0 Å². The average molecular weight is 302 g/mol. The van der Waals surface area contributed by atoms with Crippen molar-refractivity contribution >= 4 is 27.5 Å². The zero-order chi connectivity index (χ0) is 11.5. The van der Waals surface area contributed by atoms with Gasteiger partial charge in [-0.2, -0.15) is 5.10 Å². The van der Waals surface area contributed by atoms with E-state index in [1.807, 2.05) is 6.20 Å². The molecule has 0 atom stereocenters. The molecule has 0 fully saturated rings. The van der Waals surface area contributed by atoms with Gasteiger partial charge in [0, 0.05) is 18.7 Å². The molecule has 0 aliphatic heterocycles. The molecular formula is C10H10BrClN4. The van der Waals surface area contributed by atoms with Crippen LogP contribution in [0.4, 0.5) is 0 Å². The topological polar surface area (TPSA) is 43.6 Å². The van der Waals surface area contributed by atoms with Gasteiger partial charge in [0.1, 0.15) is 11.0 Å². The fraction of sp³-hybridized carbons (Fsp3) is 0.300. The Labute approximate surface area is 107 Å². The molecule has 2 aromatic rings. The summed E-state index contributed by atoms with van der Waals surface area (Å²) in [5.74, 6) is 1.44. The maximum Gasteiger partial charge on any atom is 0.158 e. The molecule has 0 radical (unpaired) electrons. The Morgan fingerprint density at radius 2 is 2.25 bits per heavy atom. The van der Waals surface area contributed by atoms with Gasteiger partial charge in [0.25, 0.3) is 0 Å². The summed E-state index contributed by atoms with van der Waals surface area (Å²) in [4.78, 5) is 8.55. The number of aromatic nitrogens is 4. The molecule has 2 aromatic heterocycles. The van der Waals surface area contributed by atoms with Crippen LogP contribution >= 0.6 is 27.5 Å². The van der Waals surface area contributed by atoms with E-state index in [1.165, 1.54) is 0 Å². The van der Waals surface area contributed by atoms with Crippen LogP contribution in [0.25, 0.3) is 5.82 Å². The highest BCUT2D eigenvalue weighted by Gasteiger charge is 2.05. The third-order valence-electron chi connectivity index (χ3n) is 1.99. The Balaban J connectivity index is 2.40. The normalized spacial score (nSPS) is 10.7. The lowest BCUT2D eigenvalue weighted by atomic mass is 10.3. The van der Waals surface area contributed by atoms with E-state index >= 15 is 0 Å². The van der Waals surface area contributed by atoms with Crippen LogP contribution in [0.15, 0.2) is 22.9 Å². The fourth-order valence-electron chi connectivity index (χ4n) is 1.33. The van der Waals surface area contributed by atoms with Gasteiger partial charge in [0.15, 0.2) is 5.82 Å². The van der Waals surface area contributed by atoms with Crippen molar-refractivity contribution in [1.82, 2.24) is 19.7 Å². The molecule has 4 nitrogen and oxygen atoms in total. The summed E-state index contributed by atoms with van der Waals surface area (Å²) in [7, 11) is 0. The lowest BCUT2D eigenvalue weighted by Gasteiger charge is -2.03. The van der Waals surface area contributed by atoms with Crippen molar-refractivity contribution in [3.05, 3.63) is 33.9 Å². The van der Waals surface area contributed by atoms with Gasteiger partial charge in [-0.05, 0) is 22.4 Å². The number of hydrogen-bond donors (Lipinski definition) is 0. The first-order valence-electron chi connectivity index (χ1n) is 4.93. The monoisotopic (exact) mass is 300 g/mol. The Morgan fingerprint density at radius 3 is 2.88 bits per heavy atom. The van der Waals surface area contributed by atoms with Gasteiger partial charge >= 0.3 is 0 Å². The summed E-state index contributed by atoms with van der Waals surface area (Å²) in [5.41, 5.74) is 0. The van der Waals surface area contributed by atoms with E-state index in [0.717, 1.165) is 23.1 Å². The van der Waals surface area contributed by atoms with Crippen LogP contribution in [-0.2, 0) is 6.42 Å². The fourth-order valence-corrected chi connectivity index (χ4v) is 1.81. The minimum atomic E-state index is 0.445. The van der Waals surface area contributed by atoms with Gasteiger partial charge in [0.2, 0.25) is 0 Å². The van der Waals surface area contributed by atoms with Gasteiger partial charge in [-0.15, -0.1) is 0 Å². The second-order valence-electron chi connectivity index (χ2n) is 3.32. The number of rotatable bonds is 3. The molecule has 2 heterocycles. The van der Waals surface area contributed by atoms with E-state index in [0.29, 0.717) is 11.0 Å². The van der Waals surface area contributed by atoms with Crippen molar-refractivity contribution < 1.29 is 0 Å². The molecule has 0 saturated heterocycles. The van der Waals surface area contributed by atoms with Crippen LogP contribution in [-0.4, -0.2) is 19.7 Å². The van der Waals surface area contributed by atoms with E-state index in [2.05, 4.69) is 37.9 Å². The van der Waals surface area contributed by atoms with Gasteiger partial charge in [-0.1, -0.05) is 18.5 Å². The number of aryl methyl sites for hydroxylation is 1. The molecule has 84 valence electrons. The maximum absolute atomic E-state index is 5.94. The summed E-state index contributed by atoms with van der Waals surface area (Å²) >= 11 is 9.28. The summed E-state index contributed by atoms with van der Waals surface area (Å²) in [6, 6.07) is 1.69. The summed E-state index contributed by atoms with van der Waals surface area (Å²) in [5, 5.41) is 4.59. The predicted molar refractivity (Wildman–Crippen MR) is 65.9 cm³/mol. The van der Waals surface area contributed by atoms with Crippen molar-refractivity contribution in [1.29, 1.82) is 0 Å². The molecule has 0 spiro atoms. The SMILES string of the molecule is CCCc1nc(Cl)cc(-n2cc(Br)cn2)n1. The van der Waals surface area contributed by atoms with Crippen molar-refractivity contribution in [2.45, 2.75) is 19.8 Å². The van der Waals surface area contributed by atoms with Crippen LogP contribution < -0.4 is 0 Å². The van der Waals surface area contributed by atoms with Crippen LogP contribution in [0.3, 0.4) is 0 Å². The summed E-state index contributed by atoms with van der Waals surface area (Å²) in [6.07, 6.45) is 5.34. The van der Waals surface area contributed by atoms with Crippen LogP contribution in [0.1, 0.15) is 19.2 Å². The lowest BCUT2D eigenvalue weighted by molar-refractivity contribution is 0.785. The third-order valence-corrected chi connectivity index (χ3v) is 2.59. The van der Waals surface area contributed by atoms with Gasteiger partial charge < -0.3 is 0 Å². The lowest BCUT2D eigenvalue weighted by Crippen LogP contribution is -2.03. The largest absolute Gasteiger partial charge is 0.221 e. The van der Waals surface area contributed by atoms with E-state index < -0.39 is 0 Å². The first-order valence-corrected chi connectivity index (χ1v) is 6.10. The molecule has 0 aliphatic carbocycles. The summed E-state index contributed by atoms with van der Waals surface area (Å²) in [6.45, 7) is 2.08. The minimum Gasteiger partial charge on any atom is -0.221 e. The number of nitrogens with zero attached hydrogens (tertiary/aromatic N) is 4. The molecular weight excluding hydrogens is 291 g/mol. The Morgan fingerprint density at radius 1 is 1.44 bits per heavy atom. The van der Waals surface area contributed by atoms with E-state index in [4.69, 9.17) is 11.6 Å². The number of halogens is 2. The van der Waals surface area contributed by atoms with Gasteiger partial charge in [-0.25, -0.2) is 14.6 Å². The highest BCUT2D eigenvalue weighted by Crippen LogP contribution is 2.14. The highest BCUT2D eigenvalue weighted by molar-refractivity contribution is 9.10. The van der Waals surface area contributed by atoms with Crippen molar-refractivity contribution in [2.75, 3.05) is 0 Å². The summed E-state index contributed by atoms with van der Waals surface area (Å²) < 4.78 is 2.57. The van der Waals surface area contributed by atoms with Gasteiger partial charge in [-0.3, -0.25) is 0 Å². The van der Waals surface area contributed by atoms with Crippen molar-refractivity contribution in [2.24, 2.45) is 0 Å². The zero-order valence-electron chi connectivity index (χ0n) is 8.69. The Hall–Kier alpha value is -0.940. The molecule has 0 bridgehead atoms. The molecule has 0 amide bonds. The van der Waals surface area contributed by atoms with E-state index in [9.17, 15) is 0 Å². The van der Waals surface area contributed by atoms with Crippen molar-refractivity contribution in [3.63, 3.8) is 0 Å². The van der Waals surface area contributed by atoms with Gasteiger partial charge in [0.05, 0.1) is 10.7 Å². The zero-order valence-corrected chi connectivity index (χ0v) is 11.0. The van der Waals surface area contributed by atoms with Crippen LogP contribution in [0.2, 0.25) is 5.15 Å². The molecule has 0 aromatic carbocycles. The molecule has 0 N–H and O–H groups in total. The smallest absolute Gasteiger partial charge is 0.158 e. The second-order valence-corrected chi connectivity index (χ2v) is 4.62. The van der Waals surface area contributed by atoms with Crippen molar-refractivity contribution in [3.8, 4) is 5.82 Å². The number of hydrogen-bond acceptors (Lipinski definition) is 3. The van der Waals surface area contributed by atoms with E-state index in [1.54, 1.807) is 16.9 Å². The van der Waals surface area contributed by atoms with Crippen LogP contribution in [0, 0.1) is 0 Å². The molecule has 2 rings (SSSR count). The molecule has 6 heteroatoms. The quantitative estimate of drug-likeness (QED) is 0.819. The third kappa shape index (κ3) is 2.59. The molecule has 16 heavy (non-hydrogen) atoms. The molecule has 0 saturated carbocycles. The minimum absolute atomic E-state index is 0.445. The maximum atomic E-state index is 5.94. The van der Waals surface area contributed by atoms with E-state index in [-0.39, 0.29) is 0 Å².